The van der Waals surface area contributed by atoms with E-state index in [0.717, 1.165) is 30.6 Å². The van der Waals surface area contributed by atoms with Gasteiger partial charge in [-0.3, -0.25) is 4.79 Å². The zero-order valence-corrected chi connectivity index (χ0v) is 8.79. The van der Waals surface area contributed by atoms with Gasteiger partial charge in [-0.2, -0.15) is 0 Å². The number of nitrogens with one attached hydrogen (secondary N) is 1. The van der Waals surface area contributed by atoms with Crippen LogP contribution in [0.5, 0.6) is 0 Å². The van der Waals surface area contributed by atoms with Gasteiger partial charge in [-0.25, -0.2) is 0 Å². The molecule has 1 aromatic rings. The third-order valence-electron chi connectivity index (χ3n) is 3.46. The Bertz CT molecular complexity index is 429. The Balaban J connectivity index is 2.18. The van der Waals surface area contributed by atoms with Crippen molar-refractivity contribution in [2.45, 2.75) is 25.4 Å². The molecule has 0 radical (unpaired) electrons. The third-order valence-corrected chi connectivity index (χ3v) is 3.46. The summed E-state index contributed by atoms with van der Waals surface area (Å²) in [5.41, 5.74) is 1.73. The first-order valence-electron chi connectivity index (χ1n) is 5.40. The minimum atomic E-state index is -0.161. The first kappa shape index (κ1) is 8.77. The van der Waals surface area contributed by atoms with Gasteiger partial charge in [-0.1, -0.05) is 12.1 Å². The second-order valence-corrected chi connectivity index (χ2v) is 4.50. The van der Waals surface area contributed by atoms with Crippen LogP contribution in [0.3, 0.4) is 0 Å². The third kappa shape index (κ3) is 1.09. The first-order chi connectivity index (χ1) is 7.21. The van der Waals surface area contributed by atoms with E-state index in [1.54, 1.807) is 0 Å². The summed E-state index contributed by atoms with van der Waals surface area (Å²) >= 11 is 0. The lowest BCUT2D eigenvalue weighted by atomic mass is 10.0. The van der Waals surface area contributed by atoms with Crippen molar-refractivity contribution in [3.05, 3.63) is 29.8 Å². The maximum absolute atomic E-state index is 11.9. The summed E-state index contributed by atoms with van der Waals surface area (Å²) in [6, 6.07) is 7.84. The molecular formula is C12H14N2O. The van der Waals surface area contributed by atoms with Crippen LogP contribution in [0.2, 0.25) is 0 Å². The van der Waals surface area contributed by atoms with E-state index in [9.17, 15) is 4.79 Å². The molecule has 1 aromatic carbocycles. The van der Waals surface area contributed by atoms with Crippen molar-refractivity contribution < 1.29 is 4.79 Å². The minimum absolute atomic E-state index is 0.0613. The number of para-hydroxylation sites is 1. The van der Waals surface area contributed by atoms with Crippen LogP contribution in [0.4, 0.5) is 5.69 Å². The van der Waals surface area contributed by atoms with E-state index in [1.165, 1.54) is 0 Å². The number of rotatable bonds is 0. The SMILES string of the molecule is C[C@@]12CCCN1c1ccccc1C(=O)N2. The molecule has 1 atom stereocenters. The molecule has 1 amide bonds. The predicted octanol–water partition coefficient (Wildman–Crippen LogP) is 1.75. The summed E-state index contributed by atoms with van der Waals surface area (Å²) in [7, 11) is 0. The quantitative estimate of drug-likeness (QED) is 0.695. The smallest absolute Gasteiger partial charge is 0.255 e. The average Bonchev–Trinajstić information content (AvgIpc) is 2.60. The molecule has 1 saturated heterocycles. The van der Waals surface area contributed by atoms with Gasteiger partial charge in [0.05, 0.1) is 11.3 Å². The lowest BCUT2D eigenvalue weighted by Gasteiger charge is -2.42. The number of carbonyl (C=O) groups is 1. The first-order valence-corrected chi connectivity index (χ1v) is 5.40. The van der Waals surface area contributed by atoms with Gasteiger partial charge in [0, 0.05) is 6.54 Å². The van der Waals surface area contributed by atoms with Crippen molar-refractivity contribution in [2.24, 2.45) is 0 Å². The molecule has 15 heavy (non-hydrogen) atoms. The van der Waals surface area contributed by atoms with Crippen LogP contribution in [0.25, 0.3) is 0 Å². The summed E-state index contributed by atoms with van der Waals surface area (Å²) in [5, 5.41) is 3.10. The molecule has 1 fully saturated rings. The standard InChI is InChI=1S/C12H14N2O/c1-12-7-4-8-14(12)10-6-3-2-5-9(10)11(15)13-12/h2-3,5-6H,4,7-8H2,1H3,(H,13,15)/t12-/m0/s1. The molecule has 3 nitrogen and oxygen atoms in total. The van der Waals surface area contributed by atoms with Crippen LogP contribution in [-0.2, 0) is 0 Å². The number of benzene rings is 1. The van der Waals surface area contributed by atoms with Gasteiger partial charge in [0.2, 0.25) is 0 Å². The highest BCUT2D eigenvalue weighted by Crippen LogP contribution is 2.37. The molecular weight excluding hydrogens is 188 g/mol. The molecule has 3 rings (SSSR count). The van der Waals surface area contributed by atoms with E-state index >= 15 is 0 Å². The Kier molecular flexibility index (Phi) is 1.61. The summed E-state index contributed by atoms with van der Waals surface area (Å²) in [4.78, 5) is 14.2. The number of nitrogens with zero attached hydrogens (tertiary/aromatic N) is 1. The van der Waals surface area contributed by atoms with Crippen LogP contribution in [-0.4, -0.2) is 18.1 Å². The van der Waals surface area contributed by atoms with Crippen LogP contribution < -0.4 is 10.2 Å². The van der Waals surface area contributed by atoms with Gasteiger partial charge in [-0.15, -0.1) is 0 Å². The highest BCUT2D eigenvalue weighted by atomic mass is 16.2. The van der Waals surface area contributed by atoms with E-state index in [2.05, 4.69) is 17.1 Å². The summed E-state index contributed by atoms with van der Waals surface area (Å²) in [6.45, 7) is 3.14. The fraction of sp³-hybridized carbons (Fsp3) is 0.417. The van der Waals surface area contributed by atoms with E-state index in [1.807, 2.05) is 24.3 Å². The van der Waals surface area contributed by atoms with Crippen LogP contribution in [0, 0.1) is 0 Å². The summed E-state index contributed by atoms with van der Waals surface area (Å²) in [6.07, 6.45) is 2.18. The largest absolute Gasteiger partial charge is 0.348 e. The molecule has 0 bridgehead atoms. The van der Waals surface area contributed by atoms with Gasteiger partial charge in [0.1, 0.15) is 5.66 Å². The van der Waals surface area contributed by atoms with Gasteiger partial charge in [-0.05, 0) is 31.9 Å². The number of hydrogen-bond acceptors (Lipinski definition) is 2. The number of amides is 1. The molecule has 2 aliphatic rings. The summed E-state index contributed by atoms with van der Waals surface area (Å²) < 4.78 is 0. The van der Waals surface area contributed by atoms with Crippen molar-refractivity contribution >= 4 is 11.6 Å². The molecule has 0 aliphatic carbocycles. The summed E-state index contributed by atoms with van der Waals surface area (Å²) in [5.74, 6) is 0.0613. The number of anilines is 1. The lowest BCUT2D eigenvalue weighted by Crippen LogP contribution is -2.58. The van der Waals surface area contributed by atoms with Crippen molar-refractivity contribution in [1.29, 1.82) is 0 Å². The maximum Gasteiger partial charge on any atom is 0.255 e. The van der Waals surface area contributed by atoms with Crippen LogP contribution in [0.1, 0.15) is 30.1 Å². The second-order valence-electron chi connectivity index (χ2n) is 4.50. The molecule has 0 aromatic heterocycles. The minimum Gasteiger partial charge on any atom is -0.348 e. The van der Waals surface area contributed by atoms with Gasteiger partial charge in [0.25, 0.3) is 5.91 Å². The fourth-order valence-electron chi connectivity index (χ4n) is 2.69. The van der Waals surface area contributed by atoms with Crippen LogP contribution >= 0.6 is 0 Å². The van der Waals surface area contributed by atoms with Crippen molar-refractivity contribution in [1.82, 2.24) is 5.32 Å². The fourth-order valence-corrected chi connectivity index (χ4v) is 2.69. The molecule has 78 valence electrons. The predicted molar refractivity (Wildman–Crippen MR) is 58.9 cm³/mol. The van der Waals surface area contributed by atoms with Gasteiger partial charge < -0.3 is 10.2 Å². The topological polar surface area (TPSA) is 32.3 Å². The van der Waals surface area contributed by atoms with Crippen molar-refractivity contribution in [3.8, 4) is 0 Å². The molecule has 0 saturated carbocycles. The average molecular weight is 202 g/mol. The molecule has 3 heteroatoms. The molecule has 1 N–H and O–H groups in total. The Hall–Kier alpha value is -1.51. The van der Waals surface area contributed by atoms with Crippen molar-refractivity contribution in [3.63, 3.8) is 0 Å². The van der Waals surface area contributed by atoms with Crippen molar-refractivity contribution in [2.75, 3.05) is 11.4 Å². The number of carbonyl (C=O) groups excluding carboxylic acids is 1. The lowest BCUT2D eigenvalue weighted by molar-refractivity contribution is 0.0897. The normalized spacial score (nSPS) is 28.3. The molecule has 2 heterocycles. The zero-order valence-electron chi connectivity index (χ0n) is 8.79. The second kappa shape index (κ2) is 2.75. The van der Waals surface area contributed by atoms with E-state index in [4.69, 9.17) is 0 Å². The highest BCUT2D eigenvalue weighted by molar-refractivity contribution is 6.02. The van der Waals surface area contributed by atoms with Gasteiger partial charge >= 0.3 is 0 Å². The molecule has 0 unspecified atom stereocenters. The Labute approximate surface area is 89.1 Å². The van der Waals surface area contributed by atoms with Crippen LogP contribution in [0.15, 0.2) is 24.3 Å². The molecule has 2 aliphatic heterocycles. The van der Waals surface area contributed by atoms with E-state index in [0.29, 0.717) is 0 Å². The molecule has 0 spiro atoms. The highest BCUT2D eigenvalue weighted by Gasteiger charge is 2.42. The number of hydrogen-bond donors (Lipinski definition) is 1. The Morgan fingerprint density at radius 2 is 2.20 bits per heavy atom. The van der Waals surface area contributed by atoms with E-state index < -0.39 is 0 Å². The monoisotopic (exact) mass is 202 g/mol. The Morgan fingerprint density at radius 3 is 3.07 bits per heavy atom. The number of fused-ring (bicyclic) bond motifs is 3. The van der Waals surface area contributed by atoms with Gasteiger partial charge in [0.15, 0.2) is 0 Å². The van der Waals surface area contributed by atoms with E-state index in [-0.39, 0.29) is 11.6 Å². The maximum atomic E-state index is 11.9. The Morgan fingerprint density at radius 1 is 1.40 bits per heavy atom. The zero-order chi connectivity index (χ0) is 10.5.